The highest BCUT2D eigenvalue weighted by atomic mass is 14.7. The van der Waals surface area contributed by atoms with E-state index in [1.807, 2.05) is 0 Å². The summed E-state index contributed by atoms with van der Waals surface area (Å²) in [6.07, 6.45) is 4.67. The molecule has 0 aliphatic heterocycles. The third kappa shape index (κ3) is 1.39. The number of rotatable bonds is 0. The summed E-state index contributed by atoms with van der Waals surface area (Å²) in [5, 5.41) is 0. The first-order chi connectivity index (χ1) is 6.18. The molecule has 0 fully saturated rings. The largest absolute Gasteiger partial charge is 0.258 e. The average molecular weight is 173 g/mol. The maximum Gasteiger partial charge on any atom is 0.0453 e. The summed E-state index contributed by atoms with van der Waals surface area (Å²) in [7, 11) is 0. The number of hydrogen-bond acceptors (Lipinski definition) is 1. The molecule has 1 heteroatoms. The van der Waals surface area contributed by atoms with E-state index >= 15 is 0 Å². The molecule has 0 unspecified atom stereocenters. The first-order valence-electron chi connectivity index (χ1n) is 4.83. The molecule has 0 radical (unpaired) electrons. The second-order valence-electron chi connectivity index (χ2n) is 3.81. The highest BCUT2D eigenvalue weighted by molar-refractivity contribution is 5.70. The van der Waals surface area contributed by atoms with E-state index in [1.165, 1.54) is 35.2 Å². The van der Waals surface area contributed by atoms with Gasteiger partial charge in [0.25, 0.3) is 0 Å². The van der Waals surface area contributed by atoms with Crippen LogP contribution in [0.3, 0.4) is 0 Å². The van der Waals surface area contributed by atoms with Gasteiger partial charge in [-0.25, -0.2) is 0 Å². The molecule has 0 spiro atoms. The van der Waals surface area contributed by atoms with Gasteiger partial charge in [0, 0.05) is 17.0 Å². The maximum absolute atomic E-state index is 4.50. The fraction of sp³-hybridized carbons (Fsp3) is 0.417. The third-order valence-corrected chi connectivity index (χ3v) is 2.67. The van der Waals surface area contributed by atoms with Gasteiger partial charge < -0.3 is 0 Å². The third-order valence-electron chi connectivity index (χ3n) is 2.67. The number of nitrogens with zero attached hydrogens (tertiary/aromatic N) is 1. The highest BCUT2D eigenvalue weighted by Gasteiger charge is 2.12. The normalized spacial score (nSPS) is 15.2. The first-order valence-corrected chi connectivity index (χ1v) is 4.83. The lowest BCUT2D eigenvalue weighted by molar-refractivity contribution is 0.943. The summed E-state index contributed by atoms with van der Waals surface area (Å²) in [4.78, 5) is 4.50. The number of fused-ring (bicyclic) bond motifs is 1. The van der Waals surface area contributed by atoms with E-state index in [0.717, 1.165) is 5.69 Å². The summed E-state index contributed by atoms with van der Waals surface area (Å²) in [6.45, 7) is 6.36. The van der Waals surface area contributed by atoms with Gasteiger partial charge in [-0.1, -0.05) is 6.08 Å². The van der Waals surface area contributed by atoms with Crippen molar-refractivity contribution in [3.8, 4) is 0 Å². The number of aryl methyl sites for hydroxylation is 3. The van der Waals surface area contributed by atoms with Crippen molar-refractivity contribution in [1.29, 1.82) is 0 Å². The summed E-state index contributed by atoms with van der Waals surface area (Å²) in [5.41, 5.74) is 6.59. The zero-order chi connectivity index (χ0) is 9.42. The molecule has 0 atom stereocenters. The van der Waals surface area contributed by atoms with Gasteiger partial charge in [-0.3, -0.25) is 4.98 Å². The molecule has 1 heterocycles. The maximum atomic E-state index is 4.50. The van der Waals surface area contributed by atoms with Crippen LogP contribution in [0.4, 0.5) is 0 Å². The van der Waals surface area contributed by atoms with E-state index in [9.17, 15) is 0 Å². The van der Waals surface area contributed by atoms with E-state index in [-0.39, 0.29) is 0 Å². The SMILES string of the molecule is CC1=CCCc2cc(C)nc(C)c21. The van der Waals surface area contributed by atoms with Gasteiger partial charge in [-0.05, 0) is 50.8 Å². The topological polar surface area (TPSA) is 12.9 Å². The summed E-state index contributed by atoms with van der Waals surface area (Å²) < 4.78 is 0. The van der Waals surface area contributed by atoms with Crippen LogP contribution in [0, 0.1) is 13.8 Å². The van der Waals surface area contributed by atoms with Gasteiger partial charge in [-0.2, -0.15) is 0 Å². The molecule has 68 valence electrons. The van der Waals surface area contributed by atoms with E-state index in [1.54, 1.807) is 0 Å². The van der Waals surface area contributed by atoms with Gasteiger partial charge in [0.05, 0.1) is 0 Å². The zero-order valence-corrected chi connectivity index (χ0v) is 8.52. The fourth-order valence-corrected chi connectivity index (χ4v) is 2.19. The average Bonchev–Trinajstić information content (AvgIpc) is 2.02. The molecular weight excluding hydrogens is 158 g/mol. The summed E-state index contributed by atoms with van der Waals surface area (Å²) in [5.74, 6) is 0. The molecule has 2 rings (SSSR count). The molecule has 0 bridgehead atoms. The standard InChI is InChI=1S/C12H15N/c1-8-5-4-6-11-7-9(2)13-10(3)12(8)11/h5,7H,4,6H2,1-3H3. The Morgan fingerprint density at radius 1 is 1.23 bits per heavy atom. The van der Waals surface area contributed by atoms with E-state index in [4.69, 9.17) is 0 Å². The second kappa shape index (κ2) is 2.99. The Morgan fingerprint density at radius 2 is 2.00 bits per heavy atom. The Hall–Kier alpha value is -1.11. The van der Waals surface area contributed by atoms with Crippen molar-refractivity contribution < 1.29 is 0 Å². The van der Waals surface area contributed by atoms with Crippen LogP contribution in [0.5, 0.6) is 0 Å². The zero-order valence-electron chi connectivity index (χ0n) is 8.52. The number of allylic oxidation sites excluding steroid dienone is 2. The Morgan fingerprint density at radius 3 is 2.77 bits per heavy atom. The van der Waals surface area contributed by atoms with Crippen molar-refractivity contribution >= 4 is 5.57 Å². The Balaban J connectivity index is 2.66. The van der Waals surface area contributed by atoms with Crippen LogP contribution < -0.4 is 0 Å². The lowest BCUT2D eigenvalue weighted by atomic mass is 9.90. The molecule has 1 aromatic heterocycles. The van der Waals surface area contributed by atoms with Crippen molar-refractivity contribution in [3.05, 3.63) is 34.7 Å². The quantitative estimate of drug-likeness (QED) is 0.587. The predicted molar refractivity (Wildman–Crippen MR) is 55.7 cm³/mol. The number of pyridine rings is 1. The van der Waals surface area contributed by atoms with Crippen molar-refractivity contribution in [2.45, 2.75) is 33.6 Å². The molecule has 0 aromatic carbocycles. The van der Waals surface area contributed by atoms with Crippen molar-refractivity contribution in [1.82, 2.24) is 4.98 Å². The summed E-state index contributed by atoms with van der Waals surface area (Å²) >= 11 is 0. The molecule has 1 aliphatic rings. The van der Waals surface area contributed by atoms with E-state index < -0.39 is 0 Å². The van der Waals surface area contributed by atoms with Gasteiger partial charge in [0.15, 0.2) is 0 Å². The van der Waals surface area contributed by atoms with Gasteiger partial charge >= 0.3 is 0 Å². The van der Waals surface area contributed by atoms with Crippen LogP contribution in [0.1, 0.15) is 35.9 Å². The van der Waals surface area contributed by atoms with Crippen molar-refractivity contribution in [2.24, 2.45) is 0 Å². The number of hydrogen-bond donors (Lipinski definition) is 0. The molecule has 0 N–H and O–H groups in total. The van der Waals surface area contributed by atoms with Crippen LogP contribution in [0.25, 0.3) is 5.57 Å². The van der Waals surface area contributed by atoms with Crippen LogP contribution in [-0.4, -0.2) is 4.98 Å². The second-order valence-corrected chi connectivity index (χ2v) is 3.81. The Bertz CT molecular complexity index is 375. The monoisotopic (exact) mass is 173 g/mol. The first kappa shape index (κ1) is 8.49. The molecule has 1 aromatic rings. The molecule has 0 saturated heterocycles. The molecule has 0 amide bonds. The molecular formula is C12H15N. The van der Waals surface area contributed by atoms with Gasteiger partial charge in [-0.15, -0.1) is 0 Å². The lowest BCUT2D eigenvalue weighted by Gasteiger charge is -2.17. The Labute approximate surface area is 79.5 Å². The molecule has 13 heavy (non-hydrogen) atoms. The highest BCUT2D eigenvalue weighted by Crippen LogP contribution is 2.28. The summed E-state index contributed by atoms with van der Waals surface area (Å²) in [6, 6.07) is 2.22. The van der Waals surface area contributed by atoms with Gasteiger partial charge in [0.2, 0.25) is 0 Å². The number of aromatic nitrogens is 1. The van der Waals surface area contributed by atoms with Crippen LogP contribution in [-0.2, 0) is 6.42 Å². The minimum Gasteiger partial charge on any atom is -0.258 e. The Kier molecular flexibility index (Phi) is 1.95. The van der Waals surface area contributed by atoms with Crippen molar-refractivity contribution in [2.75, 3.05) is 0 Å². The van der Waals surface area contributed by atoms with Crippen molar-refractivity contribution in [3.63, 3.8) is 0 Å². The van der Waals surface area contributed by atoms with E-state index in [2.05, 4.69) is 37.9 Å². The smallest absolute Gasteiger partial charge is 0.0453 e. The van der Waals surface area contributed by atoms with E-state index in [0.29, 0.717) is 0 Å². The minimum atomic E-state index is 1.14. The lowest BCUT2D eigenvalue weighted by Crippen LogP contribution is -2.03. The fourth-order valence-electron chi connectivity index (χ4n) is 2.19. The van der Waals surface area contributed by atoms with Crippen LogP contribution in [0.2, 0.25) is 0 Å². The molecule has 0 saturated carbocycles. The predicted octanol–water partition coefficient (Wildman–Crippen LogP) is 3.05. The van der Waals surface area contributed by atoms with Crippen LogP contribution in [0.15, 0.2) is 12.1 Å². The molecule has 1 aliphatic carbocycles. The minimum absolute atomic E-state index is 1.14. The van der Waals surface area contributed by atoms with Crippen LogP contribution >= 0.6 is 0 Å². The molecule has 1 nitrogen and oxygen atoms in total. The van der Waals surface area contributed by atoms with Gasteiger partial charge in [0.1, 0.15) is 0 Å².